The number of benzene rings is 1. The van der Waals surface area contributed by atoms with Gasteiger partial charge in [-0.3, -0.25) is 5.32 Å². The van der Waals surface area contributed by atoms with Gasteiger partial charge in [-0.25, -0.2) is 4.79 Å². The molecular formula is C14H16ClN3O3. The molecule has 1 aromatic heterocycles. The van der Waals surface area contributed by atoms with Crippen LogP contribution in [0.4, 0.5) is 16.4 Å². The van der Waals surface area contributed by atoms with Crippen LogP contribution in [0.5, 0.6) is 0 Å². The number of ether oxygens (including phenoxy) is 1. The van der Waals surface area contributed by atoms with Gasteiger partial charge in [-0.1, -0.05) is 22.8 Å². The Morgan fingerprint density at radius 3 is 2.67 bits per heavy atom. The van der Waals surface area contributed by atoms with Crippen molar-refractivity contribution in [2.45, 2.75) is 26.4 Å². The molecule has 3 N–H and O–H groups in total. The van der Waals surface area contributed by atoms with Crippen LogP contribution in [0.3, 0.4) is 0 Å². The number of anilines is 2. The molecule has 1 heterocycles. The zero-order chi connectivity index (χ0) is 15.6. The summed E-state index contributed by atoms with van der Waals surface area (Å²) in [5, 5.41) is 6.80. The number of rotatable bonds is 2. The van der Waals surface area contributed by atoms with Crippen molar-refractivity contribution in [3.05, 3.63) is 29.3 Å². The van der Waals surface area contributed by atoms with E-state index in [1.54, 1.807) is 45.0 Å². The summed E-state index contributed by atoms with van der Waals surface area (Å²) in [6.45, 7) is 5.34. The van der Waals surface area contributed by atoms with Crippen LogP contribution in [0.15, 0.2) is 28.8 Å². The molecule has 7 heteroatoms. The second-order valence-electron chi connectivity index (χ2n) is 5.44. The van der Waals surface area contributed by atoms with E-state index in [1.165, 1.54) is 0 Å². The molecule has 0 saturated heterocycles. The van der Waals surface area contributed by atoms with E-state index in [1.807, 2.05) is 0 Å². The summed E-state index contributed by atoms with van der Waals surface area (Å²) in [5.41, 5.74) is 6.59. The van der Waals surface area contributed by atoms with Gasteiger partial charge in [0.1, 0.15) is 11.3 Å². The predicted molar refractivity (Wildman–Crippen MR) is 81.2 cm³/mol. The Morgan fingerprint density at radius 2 is 2.10 bits per heavy atom. The second kappa shape index (κ2) is 5.65. The second-order valence-corrected chi connectivity index (χ2v) is 5.84. The van der Waals surface area contributed by atoms with Gasteiger partial charge in [0.05, 0.1) is 10.7 Å². The van der Waals surface area contributed by atoms with Gasteiger partial charge in [0.15, 0.2) is 0 Å². The van der Waals surface area contributed by atoms with Crippen LogP contribution in [0.1, 0.15) is 20.8 Å². The van der Waals surface area contributed by atoms with Crippen LogP contribution in [-0.2, 0) is 4.74 Å². The van der Waals surface area contributed by atoms with Crippen LogP contribution in [-0.4, -0.2) is 16.9 Å². The summed E-state index contributed by atoms with van der Waals surface area (Å²) in [6, 6.07) is 6.65. The number of nitrogens with one attached hydrogen (secondary N) is 1. The van der Waals surface area contributed by atoms with Gasteiger partial charge >= 0.3 is 6.09 Å². The molecule has 112 valence electrons. The molecule has 0 aliphatic rings. The summed E-state index contributed by atoms with van der Waals surface area (Å²) in [7, 11) is 0. The average Bonchev–Trinajstić information content (AvgIpc) is 2.76. The number of amides is 1. The molecule has 1 aromatic carbocycles. The fourth-order valence-electron chi connectivity index (χ4n) is 1.62. The number of nitrogen functional groups attached to an aromatic ring is 1. The average molecular weight is 310 g/mol. The van der Waals surface area contributed by atoms with E-state index in [0.29, 0.717) is 22.0 Å². The minimum Gasteiger partial charge on any atom is -0.444 e. The summed E-state index contributed by atoms with van der Waals surface area (Å²) in [4.78, 5) is 11.8. The molecular weight excluding hydrogens is 294 g/mol. The van der Waals surface area contributed by atoms with Crippen molar-refractivity contribution in [1.29, 1.82) is 0 Å². The van der Waals surface area contributed by atoms with Crippen molar-refractivity contribution in [2.24, 2.45) is 0 Å². The quantitative estimate of drug-likeness (QED) is 0.877. The van der Waals surface area contributed by atoms with Crippen LogP contribution < -0.4 is 11.1 Å². The molecule has 2 rings (SSSR count). The van der Waals surface area contributed by atoms with Crippen LogP contribution in [0, 0.1) is 0 Å². The summed E-state index contributed by atoms with van der Waals surface area (Å²) in [6.07, 6.45) is -0.582. The zero-order valence-electron chi connectivity index (χ0n) is 11.9. The highest BCUT2D eigenvalue weighted by atomic mass is 35.5. The minimum atomic E-state index is -0.589. The van der Waals surface area contributed by atoms with Gasteiger partial charge < -0.3 is 15.0 Å². The summed E-state index contributed by atoms with van der Waals surface area (Å²) < 4.78 is 10.0. The Balaban J connectivity index is 2.22. The normalized spacial score (nSPS) is 11.2. The predicted octanol–water partition coefficient (Wildman–Crippen LogP) is 3.92. The lowest BCUT2D eigenvalue weighted by Crippen LogP contribution is -2.27. The highest BCUT2D eigenvalue weighted by Crippen LogP contribution is 2.29. The molecule has 0 bridgehead atoms. The van der Waals surface area contributed by atoms with Crippen LogP contribution in [0.25, 0.3) is 11.3 Å². The smallest absolute Gasteiger partial charge is 0.412 e. The van der Waals surface area contributed by atoms with Crippen molar-refractivity contribution in [2.75, 3.05) is 11.1 Å². The Hall–Kier alpha value is -2.21. The van der Waals surface area contributed by atoms with Crippen molar-refractivity contribution >= 4 is 29.3 Å². The topological polar surface area (TPSA) is 90.4 Å². The Bertz CT molecular complexity index is 662. The van der Waals surface area contributed by atoms with Gasteiger partial charge in [0, 0.05) is 11.6 Å². The zero-order valence-corrected chi connectivity index (χ0v) is 12.7. The van der Waals surface area contributed by atoms with E-state index in [2.05, 4.69) is 10.5 Å². The third kappa shape index (κ3) is 4.13. The number of carbonyl (C=O) groups excluding carboxylic acids is 1. The number of aromatic nitrogens is 1. The van der Waals surface area contributed by atoms with Gasteiger partial charge in [-0.05, 0) is 32.9 Å². The maximum absolute atomic E-state index is 11.8. The fraction of sp³-hybridized carbons (Fsp3) is 0.286. The van der Waals surface area contributed by atoms with Crippen molar-refractivity contribution in [3.8, 4) is 11.3 Å². The maximum atomic E-state index is 11.8. The fourth-order valence-corrected chi connectivity index (χ4v) is 1.78. The van der Waals surface area contributed by atoms with Gasteiger partial charge in [0.2, 0.25) is 5.88 Å². The van der Waals surface area contributed by atoms with E-state index in [0.717, 1.165) is 0 Å². The standard InChI is InChI=1S/C14H16ClN3O3/c1-14(2,3)20-13(19)17-11-6-8(4-5-9(11)15)10-7-12(16)21-18-10/h4-7H,16H2,1-3H3,(H,17,19). The number of halogens is 1. The molecule has 0 saturated carbocycles. The lowest BCUT2D eigenvalue weighted by molar-refractivity contribution is 0.0636. The molecule has 0 unspecified atom stereocenters. The molecule has 0 spiro atoms. The van der Waals surface area contributed by atoms with E-state index in [4.69, 9.17) is 26.6 Å². The number of nitrogens with zero attached hydrogens (tertiary/aromatic N) is 1. The van der Waals surface area contributed by atoms with E-state index in [9.17, 15) is 4.79 Å². The third-order valence-electron chi connectivity index (χ3n) is 2.43. The van der Waals surface area contributed by atoms with Crippen molar-refractivity contribution in [1.82, 2.24) is 5.16 Å². The van der Waals surface area contributed by atoms with Gasteiger partial charge in [0.25, 0.3) is 0 Å². The number of carbonyl (C=O) groups is 1. The van der Waals surface area contributed by atoms with Crippen molar-refractivity contribution in [3.63, 3.8) is 0 Å². The van der Waals surface area contributed by atoms with E-state index in [-0.39, 0.29) is 5.88 Å². The highest BCUT2D eigenvalue weighted by Gasteiger charge is 2.17. The Labute approximate surface area is 127 Å². The van der Waals surface area contributed by atoms with Gasteiger partial charge in [-0.2, -0.15) is 0 Å². The molecule has 6 nitrogen and oxygen atoms in total. The molecule has 1 amide bonds. The van der Waals surface area contributed by atoms with E-state index < -0.39 is 11.7 Å². The summed E-state index contributed by atoms with van der Waals surface area (Å²) >= 11 is 6.07. The first-order valence-electron chi connectivity index (χ1n) is 6.27. The molecule has 0 fully saturated rings. The lowest BCUT2D eigenvalue weighted by atomic mass is 10.1. The third-order valence-corrected chi connectivity index (χ3v) is 2.76. The van der Waals surface area contributed by atoms with E-state index >= 15 is 0 Å². The monoisotopic (exact) mass is 309 g/mol. The minimum absolute atomic E-state index is 0.210. The molecule has 2 aromatic rings. The van der Waals surface area contributed by atoms with Crippen LogP contribution in [0.2, 0.25) is 5.02 Å². The number of hydrogen-bond acceptors (Lipinski definition) is 5. The van der Waals surface area contributed by atoms with Gasteiger partial charge in [-0.15, -0.1) is 0 Å². The van der Waals surface area contributed by atoms with Crippen molar-refractivity contribution < 1.29 is 14.1 Å². The molecule has 0 radical (unpaired) electrons. The largest absolute Gasteiger partial charge is 0.444 e. The first-order valence-corrected chi connectivity index (χ1v) is 6.64. The Kier molecular flexibility index (Phi) is 4.09. The molecule has 0 atom stereocenters. The first kappa shape index (κ1) is 15.2. The maximum Gasteiger partial charge on any atom is 0.412 e. The Morgan fingerprint density at radius 1 is 1.38 bits per heavy atom. The van der Waals surface area contributed by atoms with Crippen LogP contribution >= 0.6 is 11.6 Å². The number of hydrogen-bond donors (Lipinski definition) is 2. The molecule has 0 aliphatic carbocycles. The lowest BCUT2D eigenvalue weighted by Gasteiger charge is -2.20. The first-order chi connectivity index (χ1) is 9.74. The molecule has 0 aliphatic heterocycles. The molecule has 21 heavy (non-hydrogen) atoms. The highest BCUT2D eigenvalue weighted by molar-refractivity contribution is 6.33. The SMILES string of the molecule is CC(C)(C)OC(=O)Nc1cc(-c2cc(N)on2)ccc1Cl. The number of nitrogens with two attached hydrogens (primary N) is 1. The summed E-state index contributed by atoms with van der Waals surface area (Å²) in [5.74, 6) is 0.210.